The molecule has 1 saturated carbocycles. The summed E-state index contributed by atoms with van der Waals surface area (Å²) in [6, 6.07) is 0.660. The van der Waals surface area contributed by atoms with Crippen molar-refractivity contribution in [1.82, 2.24) is 10.2 Å². The summed E-state index contributed by atoms with van der Waals surface area (Å²) >= 11 is 0. The number of β-amino-alcohol motifs (C(OH)–C–C–N with tert-alkyl or cyclic N) is 1. The second-order valence-electron chi connectivity index (χ2n) is 5.92. The van der Waals surface area contributed by atoms with Crippen molar-refractivity contribution >= 4 is 0 Å². The molecule has 0 aromatic heterocycles. The summed E-state index contributed by atoms with van der Waals surface area (Å²) in [4.78, 5) is 2.44. The third-order valence-corrected chi connectivity index (χ3v) is 4.12. The highest BCUT2D eigenvalue weighted by Crippen LogP contribution is 2.28. The number of rotatable bonds is 7. The fourth-order valence-corrected chi connectivity index (χ4v) is 3.05. The zero-order valence-electron chi connectivity index (χ0n) is 11.2. The summed E-state index contributed by atoms with van der Waals surface area (Å²) < 4.78 is 0. The van der Waals surface area contributed by atoms with E-state index >= 15 is 0 Å². The quantitative estimate of drug-likeness (QED) is 0.707. The summed E-state index contributed by atoms with van der Waals surface area (Å²) in [6.07, 6.45) is 6.82. The van der Waals surface area contributed by atoms with Crippen molar-refractivity contribution in [3.8, 4) is 0 Å². The maximum atomic E-state index is 9.09. The first-order valence-corrected chi connectivity index (χ1v) is 7.38. The minimum absolute atomic E-state index is 0.300. The van der Waals surface area contributed by atoms with E-state index in [9.17, 15) is 0 Å². The molecular formula is C14H28N2O. The Morgan fingerprint density at radius 2 is 2.06 bits per heavy atom. The molecule has 1 aliphatic heterocycles. The van der Waals surface area contributed by atoms with Crippen LogP contribution in [0.4, 0.5) is 0 Å². The highest BCUT2D eigenvalue weighted by atomic mass is 16.3. The van der Waals surface area contributed by atoms with Crippen LogP contribution in [0.5, 0.6) is 0 Å². The molecule has 0 radical (unpaired) electrons. The standard InChI is InChI=1S/C14H28N2O/c1-2-3-13-8-14(15-9-12-4-5-12)11-16(10-13)6-7-17/h12-15,17H,2-11H2,1H3. The second kappa shape index (κ2) is 6.72. The minimum atomic E-state index is 0.300. The maximum absolute atomic E-state index is 9.09. The summed E-state index contributed by atoms with van der Waals surface area (Å²) in [5, 5.41) is 12.8. The summed E-state index contributed by atoms with van der Waals surface area (Å²) in [5.74, 6) is 1.80. The van der Waals surface area contributed by atoms with E-state index in [0.29, 0.717) is 12.6 Å². The number of aliphatic hydroxyl groups is 1. The molecule has 2 aliphatic rings. The number of aliphatic hydroxyl groups excluding tert-OH is 1. The van der Waals surface area contributed by atoms with Gasteiger partial charge in [-0.2, -0.15) is 0 Å². The molecule has 1 aliphatic carbocycles. The summed E-state index contributed by atoms with van der Waals surface area (Å²) in [5.41, 5.74) is 0. The van der Waals surface area contributed by atoms with Crippen molar-refractivity contribution in [1.29, 1.82) is 0 Å². The highest BCUT2D eigenvalue weighted by molar-refractivity contribution is 4.85. The van der Waals surface area contributed by atoms with Crippen LogP contribution < -0.4 is 5.32 Å². The molecule has 1 heterocycles. The first kappa shape index (κ1) is 13.3. The Bertz CT molecular complexity index is 204. The van der Waals surface area contributed by atoms with E-state index < -0.39 is 0 Å². The van der Waals surface area contributed by atoms with E-state index in [2.05, 4.69) is 17.1 Å². The van der Waals surface area contributed by atoms with Crippen LogP contribution in [0.3, 0.4) is 0 Å². The van der Waals surface area contributed by atoms with Gasteiger partial charge in [-0.1, -0.05) is 13.3 Å². The van der Waals surface area contributed by atoms with Gasteiger partial charge in [0, 0.05) is 25.7 Å². The minimum Gasteiger partial charge on any atom is -0.395 e. The van der Waals surface area contributed by atoms with Crippen molar-refractivity contribution in [2.24, 2.45) is 11.8 Å². The van der Waals surface area contributed by atoms with Crippen molar-refractivity contribution in [3.05, 3.63) is 0 Å². The third-order valence-electron chi connectivity index (χ3n) is 4.12. The van der Waals surface area contributed by atoms with E-state index in [0.717, 1.165) is 24.9 Å². The average molecular weight is 240 g/mol. The third kappa shape index (κ3) is 4.57. The molecule has 0 aromatic rings. The lowest BCUT2D eigenvalue weighted by atomic mass is 9.90. The van der Waals surface area contributed by atoms with Crippen LogP contribution >= 0.6 is 0 Å². The normalized spacial score (nSPS) is 30.7. The highest BCUT2D eigenvalue weighted by Gasteiger charge is 2.28. The zero-order chi connectivity index (χ0) is 12.1. The van der Waals surface area contributed by atoms with Crippen LogP contribution in [-0.2, 0) is 0 Å². The zero-order valence-corrected chi connectivity index (χ0v) is 11.2. The molecule has 3 nitrogen and oxygen atoms in total. The molecule has 0 amide bonds. The number of nitrogens with one attached hydrogen (secondary N) is 1. The van der Waals surface area contributed by atoms with Gasteiger partial charge < -0.3 is 10.4 Å². The number of piperidine rings is 1. The molecule has 2 atom stereocenters. The smallest absolute Gasteiger partial charge is 0.0558 e. The van der Waals surface area contributed by atoms with E-state index in [1.54, 1.807) is 0 Å². The van der Waals surface area contributed by atoms with Gasteiger partial charge in [0.1, 0.15) is 0 Å². The number of hydrogen-bond acceptors (Lipinski definition) is 3. The van der Waals surface area contributed by atoms with Gasteiger partial charge in [0.05, 0.1) is 6.61 Å². The van der Waals surface area contributed by atoms with Gasteiger partial charge in [0.25, 0.3) is 0 Å². The Morgan fingerprint density at radius 1 is 1.24 bits per heavy atom. The van der Waals surface area contributed by atoms with E-state index in [-0.39, 0.29) is 0 Å². The Kier molecular flexibility index (Phi) is 5.26. The first-order valence-electron chi connectivity index (χ1n) is 7.38. The molecule has 0 aromatic carbocycles. The van der Waals surface area contributed by atoms with Crippen LogP contribution in [0.25, 0.3) is 0 Å². The largest absolute Gasteiger partial charge is 0.395 e. The topological polar surface area (TPSA) is 35.5 Å². The summed E-state index contributed by atoms with van der Waals surface area (Å²) in [7, 11) is 0. The molecule has 2 rings (SSSR count). The molecule has 2 unspecified atom stereocenters. The number of nitrogens with zero attached hydrogens (tertiary/aromatic N) is 1. The molecule has 100 valence electrons. The molecular weight excluding hydrogens is 212 g/mol. The average Bonchev–Trinajstić information content (AvgIpc) is 3.11. The molecule has 2 N–H and O–H groups in total. The second-order valence-corrected chi connectivity index (χ2v) is 5.92. The van der Waals surface area contributed by atoms with Gasteiger partial charge in [-0.05, 0) is 44.1 Å². The van der Waals surface area contributed by atoms with Crippen LogP contribution in [0.15, 0.2) is 0 Å². The Hall–Kier alpha value is -0.120. The van der Waals surface area contributed by atoms with Crippen LogP contribution in [0.1, 0.15) is 39.0 Å². The fourth-order valence-electron chi connectivity index (χ4n) is 3.05. The Balaban J connectivity index is 1.76. The number of likely N-dealkylation sites (tertiary alicyclic amines) is 1. The molecule has 0 spiro atoms. The monoisotopic (exact) mass is 240 g/mol. The van der Waals surface area contributed by atoms with Gasteiger partial charge in [0.2, 0.25) is 0 Å². The van der Waals surface area contributed by atoms with Crippen LogP contribution in [-0.4, -0.2) is 48.8 Å². The number of hydrogen-bond donors (Lipinski definition) is 2. The molecule has 17 heavy (non-hydrogen) atoms. The van der Waals surface area contributed by atoms with Gasteiger partial charge in [-0.15, -0.1) is 0 Å². The molecule has 3 heteroatoms. The lowest BCUT2D eigenvalue weighted by Crippen LogP contribution is -2.50. The Labute approximate surface area is 106 Å². The van der Waals surface area contributed by atoms with E-state index in [4.69, 9.17) is 5.11 Å². The maximum Gasteiger partial charge on any atom is 0.0558 e. The van der Waals surface area contributed by atoms with Gasteiger partial charge in [-0.25, -0.2) is 0 Å². The SMILES string of the molecule is CCCC1CC(NCC2CC2)CN(CCO)C1. The first-order chi connectivity index (χ1) is 8.31. The molecule has 2 fully saturated rings. The van der Waals surface area contributed by atoms with Crippen molar-refractivity contribution in [2.45, 2.75) is 45.1 Å². The van der Waals surface area contributed by atoms with E-state index in [1.807, 2.05) is 0 Å². The lowest BCUT2D eigenvalue weighted by Gasteiger charge is -2.38. The van der Waals surface area contributed by atoms with Gasteiger partial charge in [-0.3, -0.25) is 4.90 Å². The van der Waals surface area contributed by atoms with Crippen LogP contribution in [0, 0.1) is 11.8 Å². The lowest BCUT2D eigenvalue weighted by molar-refractivity contribution is 0.111. The molecule has 1 saturated heterocycles. The Morgan fingerprint density at radius 3 is 2.71 bits per heavy atom. The van der Waals surface area contributed by atoms with Crippen molar-refractivity contribution in [2.75, 3.05) is 32.8 Å². The fraction of sp³-hybridized carbons (Fsp3) is 1.00. The molecule has 0 bridgehead atoms. The van der Waals surface area contributed by atoms with E-state index in [1.165, 1.54) is 45.2 Å². The van der Waals surface area contributed by atoms with Crippen LogP contribution in [0.2, 0.25) is 0 Å². The summed E-state index contributed by atoms with van der Waals surface area (Å²) in [6.45, 7) is 6.97. The van der Waals surface area contributed by atoms with Gasteiger partial charge in [0.15, 0.2) is 0 Å². The van der Waals surface area contributed by atoms with Crippen molar-refractivity contribution in [3.63, 3.8) is 0 Å². The van der Waals surface area contributed by atoms with Crippen molar-refractivity contribution < 1.29 is 5.11 Å². The predicted molar refractivity (Wildman–Crippen MR) is 71.1 cm³/mol. The van der Waals surface area contributed by atoms with Gasteiger partial charge >= 0.3 is 0 Å². The predicted octanol–water partition coefficient (Wildman–Crippen LogP) is 1.47.